The summed E-state index contributed by atoms with van der Waals surface area (Å²) in [6.45, 7) is 2.61. The van der Waals surface area contributed by atoms with Crippen LogP contribution in [0.1, 0.15) is 29.3 Å². The minimum absolute atomic E-state index is 0.106. The van der Waals surface area contributed by atoms with Crippen LogP contribution in [0.25, 0.3) is 0 Å². The Bertz CT molecular complexity index is 673. The van der Waals surface area contributed by atoms with Crippen LogP contribution in [0.5, 0.6) is 0 Å². The molecule has 1 atom stereocenters. The van der Waals surface area contributed by atoms with Crippen LogP contribution in [0, 0.1) is 22.5 Å². The number of hydrogen-bond donors (Lipinski definition) is 0. The molecule has 8 heteroatoms. The van der Waals surface area contributed by atoms with Crippen LogP contribution in [0.3, 0.4) is 0 Å². The molecular weight excluding hydrogens is 333 g/mol. The number of hydrogen-bond acceptors (Lipinski definition) is 5. The second-order valence-electron chi connectivity index (χ2n) is 5.47. The fourth-order valence-corrected chi connectivity index (χ4v) is 2.66. The van der Waals surface area contributed by atoms with Gasteiger partial charge in [0.05, 0.1) is 4.92 Å². The first-order valence-corrected chi connectivity index (χ1v) is 7.17. The van der Waals surface area contributed by atoms with E-state index in [1.807, 2.05) is 0 Å². The van der Waals surface area contributed by atoms with Gasteiger partial charge in [-0.1, -0.05) is 12.1 Å². The Morgan fingerprint density at radius 3 is 2.50 bits per heavy atom. The lowest BCUT2D eigenvalue weighted by atomic mass is 10.1. The molecule has 6 nitrogen and oxygen atoms in total. The molecule has 0 amide bonds. The SMILES string of the molecule is Cc1ccc(C(=O)COC(=O)[C@]2(C)CC2(Cl)Cl)cc1[N+](=O)[O-]. The van der Waals surface area contributed by atoms with Gasteiger partial charge in [-0.15, -0.1) is 23.2 Å². The average molecular weight is 346 g/mol. The number of ketones is 1. The number of benzene rings is 1. The van der Waals surface area contributed by atoms with E-state index in [-0.39, 0.29) is 17.7 Å². The number of Topliss-reactive ketones (excluding diaryl/α,β-unsaturated/α-hetero) is 1. The van der Waals surface area contributed by atoms with Crippen LogP contribution in [-0.2, 0) is 9.53 Å². The molecule has 1 aromatic rings. The topological polar surface area (TPSA) is 86.5 Å². The van der Waals surface area contributed by atoms with Gasteiger partial charge in [0.1, 0.15) is 9.75 Å². The molecule has 0 bridgehead atoms. The summed E-state index contributed by atoms with van der Waals surface area (Å²) in [5, 5.41) is 10.9. The molecule has 0 N–H and O–H groups in total. The number of aryl methyl sites for hydroxylation is 1. The number of ether oxygens (including phenoxy) is 1. The molecule has 0 unspecified atom stereocenters. The summed E-state index contributed by atoms with van der Waals surface area (Å²) in [6, 6.07) is 4.08. The molecule has 1 saturated carbocycles. The highest BCUT2D eigenvalue weighted by atomic mass is 35.5. The molecule has 0 radical (unpaired) electrons. The van der Waals surface area contributed by atoms with Gasteiger partial charge in [0.25, 0.3) is 5.69 Å². The summed E-state index contributed by atoms with van der Waals surface area (Å²) in [7, 11) is 0. The number of rotatable bonds is 5. The van der Waals surface area contributed by atoms with Crippen molar-refractivity contribution in [2.24, 2.45) is 5.41 Å². The van der Waals surface area contributed by atoms with Crippen molar-refractivity contribution in [2.75, 3.05) is 6.61 Å². The van der Waals surface area contributed by atoms with Gasteiger partial charge in [0.2, 0.25) is 5.78 Å². The number of nitrogens with zero attached hydrogens (tertiary/aromatic N) is 1. The molecule has 0 aromatic heterocycles. The minimum atomic E-state index is -1.17. The van der Waals surface area contributed by atoms with E-state index in [9.17, 15) is 19.7 Å². The van der Waals surface area contributed by atoms with Crippen LogP contribution in [0.15, 0.2) is 18.2 Å². The van der Waals surface area contributed by atoms with Crippen molar-refractivity contribution >= 4 is 40.6 Å². The predicted octanol–water partition coefficient (Wildman–Crippen LogP) is 3.21. The van der Waals surface area contributed by atoms with Crippen molar-refractivity contribution in [3.05, 3.63) is 39.4 Å². The molecule has 1 aromatic carbocycles. The van der Waals surface area contributed by atoms with E-state index in [1.165, 1.54) is 12.1 Å². The summed E-state index contributed by atoms with van der Waals surface area (Å²) in [5.41, 5.74) is -0.630. The second kappa shape index (κ2) is 5.52. The molecule has 0 spiro atoms. The molecule has 1 aliphatic carbocycles. The summed E-state index contributed by atoms with van der Waals surface area (Å²) >= 11 is 11.7. The summed E-state index contributed by atoms with van der Waals surface area (Å²) in [4.78, 5) is 34.1. The van der Waals surface area contributed by atoms with Crippen molar-refractivity contribution in [1.82, 2.24) is 0 Å². The number of esters is 1. The minimum Gasteiger partial charge on any atom is -0.457 e. The number of halogens is 2. The second-order valence-corrected chi connectivity index (χ2v) is 6.95. The Kier molecular flexibility index (Phi) is 4.19. The van der Waals surface area contributed by atoms with Crippen molar-refractivity contribution in [1.29, 1.82) is 0 Å². The molecule has 1 fully saturated rings. The molecule has 0 saturated heterocycles. The first-order valence-electron chi connectivity index (χ1n) is 6.42. The Morgan fingerprint density at radius 1 is 1.41 bits per heavy atom. The first kappa shape index (κ1) is 16.7. The van der Waals surface area contributed by atoms with Crippen molar-refractivity contribution in [3.8, 4) is 0 Å². The molecule has 1 aliphatic rings. The highest BCUT2D eigenvalue weighted by Crippen LogP contribution is 2.64. The zero-order chi connectivity index (χ0) is 16.7. The molecular formula is C14H13Cl2NO5. The molecule has 0 heterocycles. The van der Waals surface area contributed by atoms with Gasteiger partial charge < -0.3 is 4.74 Å². The molecule has 2 rings (SSSR count). The van der Waals surface area contributed by atoms with E-state index in [4.69, 9.17) is 27.9 Å². The smallest absolute Gasteiger partial charge is 0.315 e. The number of carbonyl (C=O) groups excluding carboxylic acids is 2. The predicted molar refractivity (Wildman–Crippen MR) is 80.3 cm³/mol. The van der Waals surface area contributed by atoms with Crippen molar-refractivity contribution < 1.29 is 19.2 Å². The first-order chi connectivity index (χ1) is 10.1. The fraction of sp³-hybridized carbons (Fsp3) is 0.429. The lowest BCUT2D eigenvalue weighted by Gasteiger charge is -2.11. The number of alkyl halides is 2. The zero-order valence-electron chi connectivity index (χ0n) is 11.9. The van der Waals surface area contributed by atoms with Crippen LogP contribution >= 0.6 is 23.2 Å². The van der Waals surface area contributed by atoms with E-state index in [0.29, 0.717) is 5.56 Å². The number of nitro benzene ring substituents is 1. The van der Waals surface area contributed by atoms with Gasteiger partial charge in [-0.2, -0.15) is 0 Å². The Hall–Kier alpha value is -1.66. The summed E-state index contributed by atoms with van der Waals surface area (Å²) in [6.07, 6.45) is 0.256. The van der Waals surface area contributed by atoms with Crippen LogP contribution < -0.4 is 0 Å². The van der Waals surface area contributed by atoms with E-state index < -0.39 is 33.0 Å². The zero-order valence-corrected chi connectivity index (χ0v) is 13.4. The number of nitro groups is 1. The lowest BCUT2D eigenvalue weighted by molar-refractivity contribution is -0.385. The molecule has 0 aliphatic heterocycles. The lowest BCUT2D eigenvalue weighted by Crippen LogP contribution is -2.24. The maximum Gasteiger partial charge on any atom is 0.315 e. The Labute approximate surface area is 136 Å². The third-order valence-corrected chi connectivity index (χ3v) is 4.87. The van der Waals surface area contributed by atoms with E-state index >= 15 is 0 Å². The van der Waals surface area contributed by atoms with Gasteiger partial charge in [-0.05, 0) is 13.8 Å². The Balaban J connectivity index is 2.03. The quantitative estimate of drug-likeness (QED) is 0.269. The summed E-state index contributed by atoms with van der Waals surface area (Å²) < 4.78 is 3.75. The third-order valence-electron chi connectivity index (χ3n) is 3.77. The van der Waals surface area contributed by atoms with Gasteiger partial charge in [0, 0.05) is 23.6 Å². The van der Waals surface area contributed by atoms with E-state index in [1.54, 1.807) is 13.8 Å². The highest BCUT2D eigenvalue weighted by Gasteiger charge is 2.69. The highest BCUT2D eigenvalue weighted by molar-refractivity contribution is 6.53. The number of carbonyl (C=O) groups is 2. The fourth-order valence-electron chi connectivity index (χ4n) is 1.97. The van der Waals surface area contributed by atoms with Crippen LogP contribution in [0.4, 0.5) is 5.69 Å². The maximum absolute atomic E-state index is 12.0. The average Bonchev–Trinajstić information content (AvgIpc) is 2.96. The van der Waals surface area contributed by atoms with Gasteiger partial charge in [-0.25, -0.2) is 0 Å². The molecule has 118 valence electrons. The van der Waals surface area contributed by atoms with Crippen LogP contribution in [-0.4, -0.2) is 27.6 Å². The van der Waals surface area contributed by atoms with E-state index in [0.717, 1.165) is 6.07 Å². The molecule has 22 heavy (non-hydrogen) atoms. The van der Waals surface area contributed by atoms with Crippen molar-refractivity contribution in [3.63, 3.8) is 0 Å². The third kappa shape index (κ3) is 2.94. The van der Waals surface area contributed by atoms with Gasteiger partial charge in [0.15, 0.2) is 6.61 Å². The van der Waals surface area contributed by atoms with E-state index in [2.05, 4.69) is 0 Å². The van der Waals surface area contributed by atoms with Crippen LogP contribution in [0.2, 0.25) is 0 Å². The van der Waals surface area contributed by atoms with Crippen molar-refractivity contribution in [2.45, 2.75) is 24.6 Å². The van der Waals surface area contributed by atoms with Gasteiger partial charge >= 0.3 is 5.97 Å². The largest absolute Gasteiger partial charge is 0.457 e. The monoisotopic (exact) mass is 345 g/mol. The normalized spacial score (nSPS) is 22.0. The maximum atomic E-state index is 12.0. The standard InChI is InChI=1S/C14H13Cl2NO5/c1-8-3-4-9(5-10(8)17(20)21)11(18)6-22-12(19)13(2)7-14(13,15)16/h3-5H,6-7H2,1-2H3/t13-/m0/s1. The summed E-state index contributed by atoms with van der Waals surface area (Å²) in [5.74, 6) is -1.19. The van der Waals surface area contributed by atoms with Gasteiger partial charge in [-0.3, -0.25) is 19.7 Å². The Morgan fingerprint density at radius 2 is 2.00 bits per heavy atom.